The minimum atomic E-state index is -0.0679. The largest absolute Gasteiger partial charge is 0.494 e. The Hall–Kier alpha value is -2.27. The molecule has 0 aliphatic heterocycles. The van der Waals surface area contributed by atoms with Crippen molar-refractivity contribution in [1.29, 1.82) is 5.26 Å². The maximum absolute atomic E-state index is 12.8. The molecule has 0 spiro atoms. The van der Waals surface area contributed by atoms with Gasteiger partial charge in [0.2, 0.25) is 5.91 Å². The number of hydrogen-bond acceptors (Lipinski definition) is 6. The van der Waals surface area contributed by atoms with Gasteiger partial charge < -0.3 is 9.64 Å². The third-order valence-electron chi connectivity index (χ3n) is 3.86. The number of aromatic nitrogens is 1. The topological polar surface area (TPSA) is 66.2 Å². The van der Waals surface area contributed by atoms with Gasteiger partial charge in [0.25, 0.3) is 0 Å². The molecule has 0 radical (unpaired) electrons. The summed E-state index contributed by atoms with van der Waals surface area (Å²) in [5, 5.41) is 9.58. The molecule has 0 bridgehead atoms. The summed E-state index contributed by atoms with van der Waals surface area (Å²) in [6, 6.07) is 15.0. The molecule has 0 saturated heterocycles. The zero-order chi connectivity index (χ0) is 19.9. The minimum absolute atomic E-state index is 0.0679. The van der Waals surface area contributed by atoms with Gasteiger partial charge in [-0.3, -0.25) is 4.79 Å². The van der Waals surface area contributed by atoms with Crippen LogP contribution in [0, 0.1) is 11.3 Å². The van der Waals surface area contributed by atoms with Crippen LogP contribution in [0.4, 0.5) is 5.69 Å². The van der Waals surface area contributed by atoms with Gasteiger partial charge in [0.05, 0.1) is 35.1 Å². The molecule has 0 unspecified atom stereocenters. The Morgan fingerprint density at radius 2 is 2.11 bits per heavy atom. The smallest absolute Gasteiger partial charge is 0.237 e. The first kappa shape index (κ1) is 20.5. The van der Waals surface area contributed by atoms with Gasteiger partial charge in [0, 0.05) is 17.3 Å². The summed E-state index contributed by atoms with van der Waals surface area (Å²) in [7, 11) is 0. The fourth-order valence-corrected chi connectivity index (χ4v) is 4.68. The zero-order valence-corrected chi connectivity index (χ0v) is 17.6. The maximum Gasteiger partial charge on any atom is 0.237 e. The predicted octanol–water partition coefficient (Wildman–Crippen LogP) is 5.39. The van der Waals surface area contributed by atoms with Crippen LogP contribution in [0.2, 0.25) is 5.02 Å². The average molecular weight is 432 g/mol. The Bertz CT molecular complexity index is 999. The highest BCUT2D eigenvalue weighted by atomic mass is 35.5. The number of anilines is 1. The molecular weight excluding hydrogens is 414 g/mol. The molecule has 144 valence electrons. The molecular formula is C20H18ClN3O2S2. The quantitative estimate of drug-likeness (QED) is 0.447. The van der Waals surface area contributed by atoms with E-state index in [-0.39, 0.29) is 18.1 Å². The molecule has 0 fully saturated rings. The SMILES string of the molecule is CCOc1ccc(N(CCC#N)C(=O)CSc2nc3cc(Cl)ccc3s2)cc1. The van der Waals surface area contributed by atoms with Gasteiger partial charge in [0.15, 0.2) is 4.34 Å². The number of benzene rings is 2. The lowest BCUT2D eigenvalue weighted by Gasteiger charge is -2.21. The number of hydrogen-bond donors (Lipinski definition) is 0. The van der Waals surface area contributed by atoms with E-state index >= 15 is 0 Å². The minimum Gasteiger partial charge on any atom is -0.494 e. The van der Waals surface area contributed by atoms with Gasteiger partial charge in [-0.15, -0.1) is 11.3 Å². The van der Waals surface area contributed by atoms with Crippen LogP contribution >= 0.6 is 34.7 Å². The monoisotopic (exact) mass is 431 g/mol. The predicted molar refractivity (Wildman–Crippen MR) is 116 cm³/mol. The third kappa shape index (κ3) is 5.16. The molecule has 0 N–H and O–H groups in total. The number of thioether (sulfide) groups is 1. The van der Waals surface area contributed by atoms with Gasteiger partial charge >= 0.3 is 0 Å². The van der Waals surface area contributed by atoms with Crippen molar-refractivity contribution in [3.05, 3.63) is 47.5 Å². The number of thiazole rings is 1. The number of halogens is 1. The Balaban J connectivity index is 1.70. The van der Waals surface area contributed by atoms with Crippen LogP contribution in [0.5, 0.6) is 5.75 Å². The number of rotatable bonds is 8. The van der Waals surface area contributed by atoms with Gasteiger partial charge in [-0.25, -0.2) is 4.98 Å². The van der Waals surface area contributed by atoms with E-state index < -0.39 is 0 Å². The fourth-order valence-electron chi connectivity index (χ4n) is 2.59. The molecule has 3 rings (SSSR count). The molecule has 1 amide bonds. The highest BCUT2D eigenvalue weighted by Gasteiger charge is 2.17. The Morgan fingerprint density at radius 1 is 1.32 bits per heavy atom. The van der Waals surface area contributed by atoms with Crippen LogP contribution in [0.25, 0.3) is 10.2 Å². The third-order valence-corrected chi connectivity index (χ3v) is 6.26. The molecule has 0 saturated carbocycles. The maximum atomic E-state index is 12.8. The molecule has 0 aliphatic carbocycles. The van der Waals surface area contributed by atoms with Crippen molar-refractivity contribution in [3.8, 4) is 11.8 Å². The van der Waals surface area contributed by atoms with E-state index in [1.807, 2.05) is 49.4 Å². The van der Waals surface area contributed by atoms with Crippen molar-refractivity contribution in [2.24, 2.45) is 0 Å². The summed E-state index contributed by atoms with van der Waals surface area (Å²) in [4.78, 5) is 19.0. The van der Waals surface area contributed by atoms with Gasteiger partial charge in [-0.2, -0.15) is 5.26 Å². The first-order chi connectivity index (χ1) is 13.6. The number of nitrogens with zero attached hydrogens (tertiary/aromatic N) is 3. The first-order valence-corrected chi connectivity index (χ1v) is 10.9. The lowest BCUT2D eigenvalue weighted by atomic mass is 10.2. The van der Waals surface area contributed by atoms with Crippen LogP contribution in [0.3, 0.4) is 0 Å². The van der Waals surface area contributed by atoms with E-state index in [9.17, 15) is 4.79 Å². The van der Waals surface area contributed by atoms with Crippen molar-refractivity contribution in [2.45, 2.75) is 17.7 Å². The summed E-state index contributed by atoms with van der Waals surface area (Å²) in [6.45, 7) is 2.85. The molecule has 1 aromatic heterocycles. The van der Waals surface area contributed by atoms with Crippen molar-refractivity contribution >= 4 is 56.5 Å². The second-order valence-corrected chi connectivity index (χ2v) is 8.45. The van der Waals surface area contributed by atoms with E-state index in [0.29, 0.717) is 18.2 Å². The second-order valence-electron chi connectivity index (χ2n) is 5.76. The van der Waals surface area contributed by atoms with E-state index in [1.165, 1.54) is 23.1 Å². The van der Waals surface area contributed by atoms with Crippen molar-refractivity contribution < 1.29 is 9.53 Å². The second kappa shape index (κ2) is 9.78. The summed E-state index contributed by atoms with van der Waals surface area (Å²) in [5.41, 5.74) is 1.58. The summed E-state index contributed by atoms with van der Waals surface area (Å²) in [5.74, 6) is 0.926. The molecule has 8 heteroatoms. The first-order valence-electron chi connectivity index (χ1n) is 8.69. The van der Waals surface area contributed by atoms with Crippen LogP contribution in [-0.2, 0) is 4.79 Å². The lowest BCUT2D eigenvalue weighted by Crippen LogP contribution is -2.33. The normalized spacial score (nSPS) is 10.6. The zero-order valence-electron chi connectivity index (χ0n) is 15.2. The number of nitriles is 1. The number of carbonyl (C=O) groups is 1. The van der Waals surface area contributed by atoms with Crippen molar-refractivity contribution in [3.63, 3.8) is 0 Å². The Labute approximate surface area is 176 Å². The van der Waals surface area contributed by atoms with Gasteiger partial charge in [-0.05, 0) is 49.4 Å². The molecule has 28 heavy (non-hydrogen) atoms. The fraction of sp³-hybridized carbons (Fsp3) is 0.250. The highest BCUT2D eigenvalue weighted by Crippen LogP contribution is 2.31. The molecule has 3 aromatic rings. The molecule has 0 aliphatic rings. The van der Waals surface area contributed by atoms with Gasteiger partial charge in [-0.1, -0.05) is 23.4 Å². The van der Waals surface area contributed by atoms with Crippen LogP contribution < -0.4 is 9.64 Å². The lowest BCUT2D eigenvalue weighted by molar-refractivity contribution is -0.116. The molecule has 5 nitrogen and oxygen atoms in total. The van der Waals surface area contributed by atoms with E-state index in [4.69, 9.17) is 21.6 Å². The molecule has 2 aromatic carbocycles. The number of fused-ring (bicyclic) bond motifs is 1. The van der Waals surface area contributed by atoms with Crippen LogP contribution in [0.1, 0.15) is 13.3 Å². The summed E-state index contributed by atoms with van der Waals surface area (Å²) >= 11 is 8.93. The van der Waals surface area contributed by atoms with Gasteiger partial charge in [0.1, 0.15) is 5.75 Å². The standard InChI is InChI=1S/C20H18ClN3O2S2/c1-2-26-16-7-5-15(6-8-16)24(11-3-10-22)19(25)13-27-20-23-17-12-14(21)4-9-18(17)28-20/h4-9,12H,2-3,11,13H2,1H3. The number of amides is 1. The van der Waals surface area contributed by atoms with E-state index in [2.05, 4.69) is 11.1 Å². The molecule has 0 atom stereocenters. The Morgan fingerprint density at radius 3 is 2.82 bits per heavy atom. The number of carbonyl (C=O) groups excluding carboxylic acids is 1. The summed E-state index contributed by atoms with van der Waals surface area (Å²) < 4.78 is 7.30. The van der Waals surface area contributed by atoms with Crippen LogP contribution in [-0.4, -0.2) is 29.8 Å². The number of ether oxygens (including phenoxy) is 1. The van der Waals surface area contributed by atoms with E-state index in [0.717, 1.165) is 26.0 Å². The molecule has 1 heterocycles. The van der Waals surface area contributed by atoms with Crippen molar-refractivity contribution in [1.82, 2.24) is 4.98 Å². The van der Waals surface area contributed by atoms with E-state index in [1.54, 1.807) is 4.90 Å². The van der Waals surface area contributed by atoms with Crippen LogP contribution in [0.15, 0.2) is 46.8 Å². The average Bonchev–Trinajstić information content (AvgIpc) is 3.10. The highest BCUT2D eigenvalue weighted by molar-refractivity contribution is 8.01. The summed E-state index contributed by atoms with van der Waals surface area (Å²) in [6.07, 6.45) is 0.267. The Kier molecular flexibility index (Phi) is 7.15. The van der Waals surface area contributed by atoms with Crippen molar-refractivity contribution in [2.75, 3.05) is 23.8 Å².